The van der Waals surface area contributed by atoms with Gasteiger partial charge < -0.3 is 15.4 Å². The molecule has 6 nitrogen and oxygen atoms in total. The van der Waals surface area contributed by atoms with Gasteiger partial charge in [-0.2, -0.15) is 0 Å². The topological polar surface area (TPSA) is 90.9 Å². The Kier molecular flexibility index (Phi) is 4.57. The zero-order valence-corrected chi connectivity index (χ0v) is 13.7. The number of fused-ring (bicyclic) bond motifs is 1. The zero-order valence-electron chi connectivity index (χ0n) is 13.7. The molecule has 1 atom stereocenters. The van der Waals surface area contributed by atoms with Gasteiger partial charge in [0, 0.05) is 11.9 Å². The van der Waals surface area contributed by atoms with E-state index in [9.17, 15) is 9.90 Å². The Labute approximate surface area is 140 Å². The molecular weight excluding hydrogens is 304 g/mol. The molecule has 3 aromatic rings. The second-order valence-corrected chi connectivity index (χ2v) is 6.10. The van der Waals surface area contributed by atoms with Crippen molar-refractivity contribution in [3.05, 3.63) is 42.6 Å². The molecule has 0 bridgehead atoms. The van der Waals surface area contributed by atoms with E-state index in [2.05, 4.69) is 20.3 Å². The van der Waals surface area contributed by atoms with Gasteiger partial charge in [-0.15, -0.1) is 0 Å². The number of amides is 1. The van der Waals surface area contributed by atoms with Gasteiger partial charge in [-0.25, -0.2) is 4.98 Å². The first-order chi connectivity index (χ1) is 11.5. The summed E-state index contributed by atoms with van der Waals surface area (Å²) in [5, 5.41) is 12.6. The molecule has 2 heterocycles. The van der Waals surface area contributed by atoms with Crippen molar-refractivity contribution in [3.63, 3.8) is 0 Å². The third kappa shape index (κ3) is 3.60. The maximum atomic E-state index is 12.0. The van der Waals surface area contributed by atoms with Crippen LogP contribution in [0.4, 0.5) is 5.69 Å². The molecule has 0 fully saturated rings. The Hall–Kier alpha value is -2.73. The summed E-state index contributed by atoms with van der Waals surface area (Å²) in [5.41, 5.74) is 3.05. The predicted octanol–water partition coefficient (Wildman–Crippen LogP) is 2.97. The maximum Gasteiger partial charge on any atom is 0.226 e. The number of carbonyl (C=O) groups excluding carboxylic acids is 1. The number of benzene rings is 1. The lowest BCUT2D eigenvalue weighted by Crippen LogP contribution is -2.23. The molecular formula is C18H20N4O2. The fraction of sp³-hybridized carbons (Fsp3) is 0.278. The lowest BCUT2D eigenvalue weighted by atomic mass is 10.0. The normalized spacial score (nSPS) is 12.5. The van der Waals surface area contributed by atoms with Crippen LogP contribution in [-0.4, -0.2) is 32.1 Å². The van der Waals surface area contributed by atoms with Crippen LogP contribution in [0.2, 0.25) is 0 Å². The van der Waals surface area contributed by atoms with E-state index in [1.54, 1.807) is 12.3 Å². The molecule has 0 saturated carbocycles. The van der Waals surface area contributed by atoms with Crippen molar-refractivity contribution in [1.82, 2.24) is 15.0 Å². The van der Waals surface area contributed by atoms with Crippen molar-refractivity contribution < 1.29 is 9.90 Å². The van der Waals surface area contributed by atoms with Gasteiger partial charge in [-0.05, 0) is 36.2 Å². The number of aromatic amines is 1. The molecule has 124 valence electrons. The third-order valence-corrected chi connectivity index (χ3v) is 3.84. The monoisotopic (exact) mass is 324 g/mol. The SMILES string of the molecule is CC(C)C(O)CC(=O)Nc1ccc2nc(-c3ccccn3)[nH]c2c1. The highest BCUT2D eigenvalue weighted by Crippen LogP contribution is 2.22. The second kappa shape index (κ2) is 6.80. The number of imidazole rings is 1. The van der Waals surface area contributed by atoms with Crippen molar-refractivity contribution in [2.24, 2.45) is 5.92 Å². The average molecular weight is 324 g/mol. The molecule has 3 N–H and O–H groups in total. The number of hydrogen-bond donors (Lipinski definition) is 3. The lowest BCUT2D eigenvalue weighted by Gasteiger charge is -2.13. The van der Waals surface area contributed by atoms with Crippen LogP contribution >= 0.6 is 0 Å². The van der Waals surface area contributed by atoms with E-state index in [0.29, 0.717) is 11.5 Å². The van der Waals surface area contributed by atoms with Gasteiger partial charge in [0.25, 0.3) is 0 Å². The molecule has 0 aliphatic carbocycles. The van der Waals surface area contributed by atoms with Gasteiger partial charge in [0.1, 0.15) is 5.69 Å². The highest BCUT2D eigenvalue weighted by atomic mass is 16.3. The molecule has 1 unspecified atom stereocenters. The number of aliphatic hydroxyl groups excluding tert-OH is 1. The molecule has 0 saturated heterocycles. The predicted molar refractivity (Wildman–Crippen MR) is 93.4 cm³/mol. The largest absolute Gasteiger partial charge is 0.392 e. The van der Waals surface area contributed by atoms with E-state index in [4.69, 9.17) is 0 Å². The molecule has 0 radical (unpaired) electrons. The first kappa shape index (κ1) is 16.1. The number of aliphatic hydroxyl groups is 1. The zero-order chi connectivity index (χ0) is 17.1. The minimum Gasteiger partial charge on any atom is -0.392 e. The fourth-order valence-corrected chi connectivity index (χ4v) is 2.35. The minimum absolute atomic E-state index is 0.0479. The standard InChI is InChI=1S/C18H20N4O2/c1-11(2)16(23)10-17(24)20-12-6-7-13-15(9-12)22-18(21-13)14-5-3-4-8-19-14/h3-9,11,16,23H,10H2,1-2H3,(H,20,24)(H,21,22). The number of nitrogens with one attached hydrogen (secondary N) is 2. The highest BCUT2D eigenvalue weighted by Gasteiger charge is 2.15. The Morgan fingerprint density at radius 2 is 2.12 bits per heavy atom. The summed E-state index contributed by atoms with van der Waals surface area (Å²) in [7, 11) is 0. The highest BCUT2D eigenvalue weighted by molar-refractivity contribution is 5.93. The lowest BCUT2D eigenvalue weighted by molar-refractivity contribution is -0.118. The van der Waals surface area contributed by atoms with Crippen LogP contribution in [0.15, 0.2) is 42.6 Å². The fourth-order valence-electron chi connectivity index (χ4n) is 2.35. The van der Waals surface area contributed by atoms with Crippen LogP contribution in [0.3, 0.4) is 0 Å². The Morgan fingerprint density at radius 3 is 2.83 bits per heavy atom. The van der Waals surface area contributed by atoms with E-state index >= 15 is 0 Å². The van der Waals surface area contributed by atoms with Crippen molar-refractivity contribution in [2.75, 3.05) is 5.32 Å². The van der Waals surface area contributed by atoms with Crippen molar-refractivity contribution in [1.29, 1.82) is 0 Å². The van der Waals surface area contributed by atoms with Gasteiger partial charge in [-0.1, -0.05) is 19.9 Å². The molecule has 1 aromatic carbocycles. The quantitative estimate of drug-likeness (QED) is 0.673. The van der Waals surface area contributed by atoms with Gasteiger partial charge >= 0.3 is 0 Å². The van der Waals surface area contributed by atoms with E-state index in [-0.39, 0.29) is 18.2 Å². The van der Waals surface area contributed by atoms with E-state index in [1.165, 1.54) is 0 Å². The summed E-state index contributed by atoms with van der Waals surface area (Å²) < 4.78 is 0. The Morgan fingerprint density at radius 1 is 1.29 bits per heavy atom. The summed E-state index contributed by atoms with van der Waals surface area (Å²) in [4.78, 5) is 24.0. The first-order valence-electron chi connectivity index (χ1n) is 7.92. The molecule has 6 heteroatoms. The van der Waals surface area contributed by atoms with E-state index in [1.807, 2.05) is 44.2 Å². The molecule has 1 amide bonds. The number of aromatic nitrogens is 3. The Bertz CT molecular complexity index is 843. The molecule has 0 aliphatic heterocycles. The summed E-state index contributed by atoms with van der Waals surface area (Å²) in [6, 6.07) is 11.1. The van der Waals surface area contributed by atoms with Gasteiger partial charge in [0.15, 0.2) is 5.82 Å². The summed E-state index contributed by atoms with van der Waals surface area (Å²) in [5.74, 6) is 0.524. The second-order valence-electron chi connectivity index (χ2n) is 6.10. The number of rotatable bonds is 5. The summed E-state index contributed by atoms with van der Waals surface area (Å²) >= 11 is 0. The first-order valence-corrected chi connectivity index (χ1v) is 7.92. The van der Waals surface area contributed by atoms with Crippen LogP contribution in [0.5, 0.6) is 0 Å². The van der Waals surface area contributed by atoms with E-state index < -0.39 is 6.10 Å². The van der Waals surface area contributed by atoms with Gasteiger partial charge in [-0.3, -0.25) is 9.78 Å². The van der Waals surface area contributed by atoms with Gasteiger partial charge in [0.2, 0.25) is 5.91 Å². The summed E-state index contributed by atoms with van der Waals surface area (Å²) in [6.45, 7) is 3.77. The number of anilines is 1. The summed E-state index contributed by atoms with van der Waals surface area (Å²) in [6.07, 6.45) is 1.16. The number of carbonyl (C=O) groups is 1. The van der Waals surface area contributed by atoms with Crippen molar-refractivity contribution >= 4 is 22.6 Å². The number of pyridine rings is 1. The molecule has 24 heavy (non-hydrogen) atoms. The minimum atomic E-state index is -0.642. The van der Waals surface area contributed by atoms with Crippen molar-refractivity contribution in [2.45, 2.75) is 26.4 Å². The average Bonchev–Trinajstić information content (AvgIpc) is 2.98. The van der Waals surface area contributed by atoms with Gasteiger partial charge in [0.05, 0.1) is 23.6 Å². The van der Waals surface area contributed by atoms with E-state index in [0.717, 1.165) is 16.7 Å². The van der Waals surface area contributed by atoms with Crippen LogP contribution in [0.25, 0.3) is 22.6 Å². The molecule has 0 aliphatic rings. The number of nitrogens with zero attached hydrogens (tertiary/aromatic N) is 2. The van der Waals surface area contributed by atoms with Crippen LogP contribution in [0.1, 0.15) is 20.3 Å². The van der Waals surface area contributed by atoms with Crippen LogP contribution in [-0.2, 0) is 4.79 Å². The number of hydrogen-bond acceptors (Lipinski definition) is 4. The molecule has 0 spiro atoms. The third-order valence-electron chi connectivity index (χ3n) is 3.84. The van der Waals surface area contributed by atoms with Crippen LogP contribution in [0, 0.1) is 5.92 Å². The van der Waals surface area contributed by atoms with Crippen molar-refractivity contribution in [3.8, 4) is 11.5 Å². The maximum absolute atomic E-state index is 12.0. The smallest absolute Gasteiger partial charge is 0.226 e. The Balaban J connectivity index is 1.78. The molecule has 2 aromatic heterocycles. The molecule has 3 rings (SSSR count). The number of H-pyrrole nitrogens is 1. The van der Waals surface area contributed by atoms with Crippen LogP contribution < -0.4 is 5.32 Å².